The molecule has 3 rings (SSSR count). The molecule has 1 fully saturated rings. The first-order chi connectivity index (χ1) is 19.4. The third kappa shape index (κ3) is 9.37. The van der Waals surface area contributed by atoms with Crippen molar-refractivity contribution >= 4 is 24.0 Å². The summed E-state index contributed by atoms with van der Waals surface area (Å²) in [6.07, 6.45) is 4.78. The Hall–Kier alpha value is -3.81. The molecule has 8 heteroatoms. The van der Waals surface area contributed by atoms with Gasteiger partial charge in [0.1, 0.15) is 23.4 Å². The molecule has 222 valence electrons. The van der Waals surface area contributed by atoms with Crippen LogP contribution in [0.5, 0.6) is 5.75 Å². The van der Waals surface area contributed by atoms with Crippen LogP contribution in [0, 0.1) is 5.92 Å². The van der Waals surface area contributed by atoms with Crippen LogP contribution < -0.4 is 10.6 Å². The predicted octanol–water partition coefficient (Wildman–Crippen LogP) is 5.76. The van der Waals surface area contributed by atoms with E-state index in [2.05, 4.69) is 31.1 Å². The van der Waals surface area contributed by atoms with E-state index in [1.165, 1.54) is 0 Å². The molecule has 0 spiro atoms. The topological polar surface area (TPSA) is 108 Å². The number of unbranched alkanes of at least 4 members (excludes halogenated alkanes) is 2. The fourth-order valence-electron chi connectivity index (χ4n) is 4.85. The fourth-order valence-corrected chi connectivity index (χ4v) is 4.85. The number of carbonyl (C=O) groups is 3. The standard InChI is InChI=1S/C33H45N3O5/c1-7-9-10-18-34-30(38)29(25-13-11-12-23(8-2)20-25)36(28-19-22(28)3)31(39)27(35-32(40)41-33(4,5)6)21-24-14-16-26(37)17-15-24/h8,11-17,20,22,27-29,37H,2,7,9-10,18-19,21H2,1,3-6H3,(H,34,38)(H,35,40). The van der Waals surface area contributed by atoms with Crippen LogP contribution in [-0.2, 0) is 20.7 Å². The first kappa shape index (κ1) is 31.7. The van der Waals surface area contributed by atoms with Gasteiger partial charge in [0.25, 0.3) is 0 Å². The van der Waals surface area contributed by atoms with Gasteiger partial charge in [-0.2, -0.15) is 0 Å². The number of aromatic hydroxyl groups is 1. The highest BCUT2D eigenvalue weighted by molar-refractivity contribution is 5.93. The number of hydrogen-bond acceptors (Lipinski definition) is 5. The monoisotopic (exact) mass is 563 g/mol. The van der Waals surface area contributed by atoms with Crippen molar-refractivity contribution in [2.24, 2.45) is 5.92 Å². The molecule has 3 amide bonds. The third-order valence-electron chi connectivity index (χ3n) is 7.11. The molecule has 1 aliphatic carbocycles. The Kier molecular flexibility index (Phi) is 11.0. The van der Waals surface area contributed by atoms with Crippen LogP contribution in [0.2, 0.25) is 0 Å². The van der Waals surface area contributed by atoms with Crippen LogP contribution >= 0.6 is 0 Å². The second-order valence-electron chi connectivity index (χ2n) is 11.9. The molecule has 4 unspecified atom stereocenters. The molecule has 0 heterocycles. The average Bonchev–Trinajstić information content (AvgIpc) is 3.64. The molecule has 0 bridgehead atoms. The van der Waals surface area contributed by atoms with Crippen LogP contribution in [0.4, 0.5) is 4.79 Å². The Bertz CT molecular complexity index is 1200. The smallest absolute Gasteiger partial charge is 0.408 e. The molecule has 0 aromatic heterocycles. The lowest BCUT2D eigenvalue weighted by Crippen LogP contribution is -2.54. The van der Waals surface area contributed by atoms with Crippen molar-refractivity contribution in [2.75, 3.05) is 6.54 Å². The second kappa shape index (κ2) is 14.2. The quantitative estimate of drug-likeness (QED) is 0.269. The van der Waals surface area contributed by atoms with Crippen molar-refractivity contribution in [1.82, 2.24) is 15.5 Å². The zero-order valence-electron chi connectivity index (χ0n) is 25.0. The molecular weight excluding hydrogens is 518 g/mol. The summed E-state index contributed by atoms with van der Waals surface area (Å²) in [4.78, 5) is 42.9. The molecule has 2 aromatic carbocycles. The van der Waals surface area contributed by atoms with Crippen LogP contribution in [0.3, 0.4) is 0 Å². The summed E-state index contributed by atoms with van der Waals surface area (Å²) in [5, 5.41) is 15.6. The molecule has 41 heavy (non-hydrogen) atoms. The van der Waals surface area contributed by atoms with Crippen molar-refractivity contribution < 1.29 is 24.2 Å². The van der Waals surface area contributed by atoms with Gasteiger partial charge in [-0.25, -0.2) is 4.79 Å². The van der Waals surface area contributed by atoms with Gasteiger partial charge in [0.2, 0.25) is 11.8 Å². The first-order valence-electron chi connectivity index (χ1n) is 14.5. The zero-order valence-corrected chi connectivity index (χ0v) is 25.0. The predicted molar refractivity (Wildman–Crippen MR) is 161 cm³/mol. The van der Waals surface area contributed by atoms with E-state index >= 15 is 0 Å². The maximum Gasteiger partial charge on any atom is 0.408 e. The first-order valence-corrected chi connectivity index (χ1v) is 14.5. The highest BCUT2D eigenvalue weighted by Gasteiger charge is 2.48. The number of rotatable bonds is 13. The highest BCUT2D eigenvalue weighted by Crippen LogP contribution is 2.41. The number of amides is 3. The maximum absolute atomic E-state index is 14.5. The van der Waals surface area contributed by atoms with E-state index in [4.69, 9.17) is 4.74 Å². The molecule has 0 saturated heterocycles. The minimum atomic E-state index is -1.000. The van der Waals surface area contributed by atoms with Gasteiger partial charge in [0, 0.05) is 19.0 Å². The van der Waals surface area contributed by atoms with Crippen molar-refractivity contribution in [3.63, 3.8) is 0 Å². The Morgan fingerprint density at radius 2 is 1.83 bits per heavy atom. The minimum absolute atomic E-state index is 0.104. The number of nitrogens with zero attached hydrogens (tertiary/aromatic N) is 1. The summed E-state index contributed by atoms with van der Waals surface area (Å²) in [5.74, 6) is -0.314. The summed E-state index contributed by atoms with van der Waals surface area (Å²) in [6.45, 7) is 13.8. The van der Waals surface area contributed by atoms with Crippen LogP contribution in [0.1, 0.15) is 83.0 Å². The zero-order chi connectivity index (χ0) is 30.2. The number of carbonyl (C=O) groups excluding carboxylic acids is 3. The van der Waals surface area contributed by atoms with E-state index < -0.39 is 23.8 Å². The van der Waals surface area contributed by atoms with E-state index in [0.717, 1.165) is 36.8 Å². The molecule has 4 atom stereocenters. The molecule has 2 aromatic rings. The van der Waals surface area contributed by atoms with Crippen molar-refractivity contribution in [3.05, 3.63) is 71.8 Å². The van der Waals surface area contributed by atoms with Crippen molar-refractivity contribution in [2.45, 2.75) is 90.4 Å². The summed E-state index contributed by atoms with van der Waals surface area (Å²) in [7, 11) is 0. The number of benzene rings is 2. The van der Waals surface area contributed by atoms with Crippen LogP contribution in [0.25, 0.3) is 6.08 Å². The van der Waals surface area contributed by atoms with Gasteiger partial charge in [0.15, 0.2) is 0 Å². The van der Waals surface area contributed by atoms with Gasteiger partial charge >= 0.3 is 6.09 Å². The number of ether oxygens (including phenoxy) is 1. The average molecular weight is 564 g/mol. The normalized spacial score (nSPS) is 17.6. The van der Waals surface area contributed by atoms with E-state index in [1.54, 1.807) is 56.0 Å². The fraction of sp³-hybridized carbons (Fsp3) is 0.485. The largest absolute Gasteiger partial charge is 0.508 e. The molecule has 3 N–H and O–H groups in total. The number of hydrogen-bond donors (Lipinski definition) is 3. The summed E-state index contributed by atoms with van der Waals surface area (Å²) in [6, 6.07) is 11.9. The van der Waals surface area contributed by atoms with E-state index in [1.807, 2.05) is 24.3 Å². The number of nitrogens with one attached hydrogen (secondary N) is 2. The lowest BCUT2D eigenvalue weighted by Gasteiger charge is -2.35. The molecule has 1 aliphatic rings. The lowest BCUT2D eigenvalue weighted by atomic mass is 9.98. The number of alkyl carbamates (subject to hydrolysis) is 1. The van der Waals surface area contributed by atoms with E-state index in [-0.39, 0.29) is 35.9 Å². The molecule has 8 nitrogen and oxygen atoms in total. The van der Waals surface area contributed by atoms with Crippen LogP contribution in [-0.4, -0.2) is 52.1 Å². The summed E-state index contributed by atoms with van der Waals surface area (Å²) < 4.78 is 5.50. The molecule has 0 aliphatic heterocycles. The van der Waals surface area contributed by atoms with Gasteiger partial charge in [-0.3, -0.25) is 9.59 Å². The molecule has 1 saturated carbocycles. The van der Waals surface area contributed by atoms with Crippen molar-refractivity contribution in [1.29, 1.82) is 0 Å². The maximum atomic E-state index is 14.5. The Balaban J connectivity index is 2.02. The number of phenols is 1. The highest BCUT2D eigenvalue weighted by atomic mass is 16.6. The Morgan fingerprint density at radius 3 is 2.41 bits per heavy atom. The van der Waals surface area contributed by atoms with E-state index in [9.17, 15) is 19.5 Å². The van der Waals surface area contributed by atoms with Gasteiger partial charge in [-0.1, -0.05) is 69.7 Å². The van der Waals surface area contributed by atoms with E-state index in [0.29, 0.717) is 12.1 Å². The number of phenolic OH excluding ortho intramolecular Hbond substituents is 1. The van der Waals surface area contributed by atoms with Crippen LogP contribution in [0.15, 0.2) is 55.1 Å². The summed E-state index contributed by atoms with van der Waals surface area (Å²) in [5.41, 5.74) is 1.52. The summed E-state index contributed by atoms with van der Waals surface area (Å²) >= 11 is 0. The Morgan fingerprint density at radius 1 is 1.15 bits per heavy atom. The molecule has 0 radical (unpaired) electrons. The molecular formula is C33H45N3O5. The van der Waals surface area contributed by atoms with Gasteiger partial charge in [-0.05, 0) is 74.4 Å². The van der Waals surface area contributed by atoms with Gasteiger partial charge in [-0.15, -0.1) is 0 Å². The SMILES string of the molecule is C=Cc1cccc(C(C(=O)NCCCCC)N(C(=O)C(Cc2ccc(O)cc2)NC(=O)OC(C)(C)C)C2CC2C)c1. The van der Waals surface area contributed by atoms with Gasteiger partial charge in [0.05, 0.1) is 0 Å². The van der Waals surface area contributed by atoms with Crippen molar-refractivity contribution in [3.8, 4) is 5.75 Å². The Labute approximate surface area is 244 Å². The lowest BCUT2D eigenvalue weighted by molar-refractivity contribution is -0.143. The third-order valence-corrected chi connectivity index (χ3v) is 7.11. The second-order valence-corrected chi connectivity index (χ2v) is 11.9. The minimum Gasteiger partial charge on any atom is -0.508 e. The van der Waals surface area contributed by atoms with Gasteiger partial charge < -0.3 is 25.4 Å².